The van der Waals surface area contributed by atoms with Crippen LogP contribution >= 0.6 is 0 Å². The second-order valence-corrected chi connectivity index (χ2v) is 4.53. The van der Waals surface area contributed by atoms with Gasteiger partial charge in [-0.2, -0.15) is 0 Å². The van der Waals surface area contributed by atoms with Gasteiger partial charge in [0, 0.05) is 13.2 Å². The van der Waals surface area contributed by atoms with E-state index in [1.54, 1.807) is 0 Å². The number of benzene rings is 1. The molecule has 1 heterocycles. The van der Waals surface area contributed by atoms with E-state index in [9.17, 15) is 14.0 Å². The maximum absolute atomic E-state index is 12.9. The number of halogens is 1. The first-order valence-electron chi connectivity index (χ1n) is 6.46. The van der Waals surface area contributed by atoms with E-state index in [1.165, 1.54) is 18.2 Å². The first-order valence-corrected chi connectivity index (χ1v) is 6.46. The summed E-state index contributed by atoms with van der Waals surface area (Å²) in [4.78, 5) is 23.1. The molecule has 5 nitrogen and oxygen atoms in total. The van der Waals surface area contributed by atoms with Crippen molar-refractivity contribution in [1.29, 1.82) is 0 Å². The summed E-state index contributed by atoms with van der Waals surface area (Å²) in [5, 5.41) is 2.63. The molecule has 0 bridgehead atoms. The SMILES string of the molecule is O=C(COC(=O)c1cccc(F)c1)NC[C@@H]1CCCO1. The average molecular weight is 281 g/mol. The zero-order chi connectivity index (χ0) is 14.4. The molecule has 0 unspecified atom stereocenters. The van der Waals surface area contributed by atoms with Gasteiger partial charge in [0.25, 0.3) is 5.91 Å². The number of esters is 1. The Hall–Kier alpha value is -1.95. The lowest BCUT2D eigenvalue weighted by molar-refractivity contribution is -0.124. The van der Waals surface area contributed by atoms with E-state index in [0.29, 0.717) is 6.54 Å². The molecule has 6 heteroatoms. The van der Waals surface area contributed by atoms with Gasteiger partial charge >= 0.3 is 5.97 Å². The zero-order valence-electron chi connectivity index (χ0n) is 10.9. The molecule has 2 rings (SSSR count). The maximum atomic E-state index is 12.9. The monoisotopic (exact) mass is 281 g/mol. The number of amides is 1. The van der Waals surface area contributed by atoms with Gasteiger partial charge < -0.3 is 14.8 Å². The van der Waals surface area contributed by atoms with Crippen molar-refractivity contribution in [3.8, 4) is 0 Å². The highest BCUT2D eigenvalue weighted by Crippen LogP contribution is 2.10. The molecule has 20 heavy (non-hydrogen) atoms. The fourth-order valence-corrected chi connectivity index (χ4v) is 1.91. The lowest BCUT2D eigenvalue weighted by Crippen LogP contribution is -2.34. The van der Waals surface area contributed by atoms with Crippen molar-refractivity contribution in [2.75, 3.05) is 19.8 Å². The summed E-state index contributed by atoms with van der Waals surface area (Å²) in [6.45, 7) is 0.744. The first kappa shape index (κ1) is 14.5. The molecule has 0 spiro atoms. The van der Waals surface area contributed by atoms with Crippen LogP contribution in [0.3, 0.4) is 0 Å². The molecule has 108 valence electrons. The summed E-state index contributed by atoms with van der Waals surface area (Å²) >= 11 is 0. The first-order chi connectivity index (χ1) is 9.65. The normalized spacial score (nSPS) is 17.8. The molecule has 1 fully saturated rings. The third-order valence-electron chi connectivity index (χ3n) is 2.95. The minimum absolute atomic E-state index is 0.0397. The van der Waals surface area contributed by atoms with Gasteiger partial charge in [-0.15, -0.1) is 0 Å². The van der Waals surface area contributed by atoms with Crippen LogP contribution in [0.15, 0.2) is 24.3 Å². The Kier molecular flexibility index (Phi) is 5.06. The predicted octanol–water partition coefficient (Wildman–Crippen LogP) is 1.28. The van der Waals surface area contributed by atoms with Crippen molar-refractivity contribution in [3.05, 3.63) is 35.6 Å². The molecule has 1 amide bonds. The molecule has 1 aromatic carbocycles. The standard InChI is InChI=1S/C14H16FNO4/c15-11-4-1-3-10(7-11)14(18)20-9-13(17)16-8-12-5-2-6-19-12/h1,3-4,7,12H,2,5-6,8-9H2,(H,16,17)/t12-/m0/s1. The Morgan fingerprint density at radius 1 is 1.45 bits per heavy atom. The van der Waals surface area contributed by atoms with Crippen LogP contribution in [0.25, 0.3) is 0 Å². The molecule has 1 N–H and O–H groups in total. The Bertz CT molecular complexity index is 486. The highest BCUT2D eigenvalue weighted by Gasteiger charge is 2.17. The molecule has 1 aliphatic rings. The van der Waals surface area contributed by atoms with Gasteiger partial charge in [-0.3, -0.25) is 4.79 Å². The zero-order valence-corrected chi connectivity index (χ0v) is 10.9. The minimum Gasteiger partial charge on any atom is -0.452 e. The topological polar surface area (TPSA) is 64.6 Å². The molecule has 0 aromatic heterocycles. The van der Waals surface area contributed by atoms with Crippen LogP contribution in [0.4, 0.5) is 4.39 Å². The predicted molar refractivity (Wildman–Crippen MR) is 68.7 cm³/mol. The second kappa shape index (κ2) is 7.00. The molecule has 0 aliphatic carbocycles. The summed E-state index contributed by atoms with van der Waals surface area (Å²) in [7, 11) is 0. The average Bonchev–Trinajstić information content (AvgIpc) is 2.95. The number of carbonyl (C=O) groups is 2. The number of hydrogen-bond donors (Lipinski definition) is 1. The van der Waals surface area contributed by atoms with E-state index in [0.717, 1.165) is 25.5 Å². The molecule has 1 saturated heterocycles. The minimum atomic E-state index is -0.725. The van der Waals surface area contributed by atoms with Gasteiger partial charge in [0.05, 0.1) is 11.7 Å². The van der Waals surface area contributed by atoms with Crippen molar-refractivity contribution in [2.24, 2.45) is 0 Å². The summed E-state index contributed by atoms with van der Waals surface area (Å²) in [5.74, 6) is -1.65. The van der Waals surface area contributed by atoms with Crippen LogP contribution in [-0.4, -0.2) is 37.7 Å². The van der Waals surface area contributed by atoms with E-state index in [-0.39, 0.29) is 18.3 Å². The molecule has 1 aromatic rings. The van der Waals surface area contributed by atoms with Crippen LogP contribution in [0.2, 0.25) is 0 Å². The van der Waals surface area contributed by atoms with Gasteiger partial charge in [-0.1, -0.05) is 6.07 Å². The van der Waals surface area contributed by atoms with E-state index in [1.807, 2.05) is 0 Å². The number of rotatable bonds is 5. The number of ether oxygens (including phenoxy) is 2. The van der Waals surface area contributed by atoms with Gasteiger partial charge in [-0.05, 0) is 31.0 Å². The van der Waals surface area contributed by atoms with Crippen LogP contribution in [-0.2, 0) is 14.3 Å². The Morgan fingerprint density at radius 3 is 3.00 bits per heavy atom. The quantitative estimate of drug-likeness (QED) is 0.826. The van der Waals surface area contributed by atoms with Crippen molar-refractivity contribution in [2.45, 2.75) is 18.9 Å². The largest absolute Gasteiger partial charge is 0.452 e. The van der Waals surface area contributed by atoms with Crippen LogP contribution in [0, 0.1) is 5.82 Å². The third-order valence-corrected chi connectivity index (χ3v) is 2.95. The third kappa shape index (κ3) is 4.31. The second-order valence-electron chi connectivity index (χ2n) is 4.53. The summed E-state index contributed by atoms with van der Waals surface area (Å²) < 4.78 is 23.1. The molecular weight excluding hydrogens is 265 g/mol. The Morgan fingerprint density at radius 2 is 2.30 bits per heavy atom. The smallest absolute Gasteiger partial charge is 0.338 e. The fraction of sp³-hybridized carbons (Fsp3) is 0.429. The van der Waals surface area contributed by atoms with E-state index < -0.39 is 17.7 Å². The number of carbonyl (C=O) groups excluding carboxylic acids is 2. The molecular formula is C14H16FNO4. The van der Waals surface area contributed by atoms with Crippen molar-refractivity contribution < 1.29 is 23.5 Å². The Labute approximate surface area is 116 Å². The fourth-order valence-electron chi connectivity index (χ4n) is 1.91. The van der Waals surface area contributed by atoms with Crippen LogP contribution < -0.4 is 5.32 Å². The summed E-state index contributed by atoms with van der Waals surface area (Å²) in [6.07, 6.45) is 1.95. The van der Waals surface area contributed by atoms with E-state index in [2.05, 4.69) is 5.32 Å². The number of nitrogens with one attached hydrogen (secondary N) is 1. The number of hydrogen-bond acceptors (Lipinski definition) is 4. The van der Waals surface area contributed by atoms with Gasteiger partial charge in [0.1, 0.15) is 5.82 Å². The summed E-state index contributed by atoms with van der Waals surface area (Å²) in [5.41, 5.74) is 0.0805. The van der Waals surface area contributed by atoms with Crippen molar-refractivity contribution in [1.82, 2.24) is 5.32 Å². The van der Waals surface area contributed by atoms with Crippen LogP contribution in [0.5, 0.6) is 0 Å². The molecule has 1 atom stereocenters. The van der Waals surface area contributed by atoms with Gasteiger partial charge in [0.15, 0.2) is 6.61 Å². The highest BCUT2D eigenvalue weighted by atomic mass is 19.1. The van der Waals surface area contributed by atoms with Gasteiger partial charge in [-0.25, -0.2) is 9.18 Å². The summed E-state index contributed by atoms with van der Waals surface area (Å²) in [6, 6.07) is 5.12. The molecule has 0 saturated carbocycles. The maximum Gasteiger partial charge on any atom is 0.338 e. The lowest BCUT2D eigenvalue weighted by atomic mass is 10.2. The van der Waals surface area contributed by atoms with Crippen molar-refractivity contribution >= 4 is 11.9 Å². The molecule has 1 aliphatic heterocycles. The highest BCUT2D eigenvalue weighted by molar-refractivity contribution is 5.91. The molecule has 0 radical (unpaired) electrons. The van der Waals surface area contributed by atoms with Gasteiger partial charge in [0.2, 0.25) is 0 Å². The van der Waals surface area contributed by atoms with E-state index in [4.69, 9.17) is 9.47 Å². The van der Waals surface area contributed by atoms with Crippen LogP contribution in [0.1, 0.15) is 23.2 Å². The van der Waals surface area contributed by atoms with E-state index >= 15 is 0 Å². The Balaban J connectivity index is 1.71. The van der Waals surface area contributed by atoms with Crippen molar-refractivity contribution in [3.63, 3.8) is 0 Å². The lowest BCUT2D eigenvalue weighted by Gasteiger charge is -2.10.